The summed E-state index contributed by atoms with van der Waals surface area (Å²) in [4.78, 5) is 12.1. The molecule has 1 aromatic carbocycles. The molecule has 130 valence electrons. The zero-order valence-electron chi connectivity index (χ0n) is 14.6. The van der Waals surface area contributed by atoms with Gasteiger partial charge in [-0.25, -0.2) is 0 Å². The van der Waals surface area contributed by atoms with E-state index in [0.29, 0.717) is 40.6 Å². The number of hydrogen-bond acceptors (Lipinski definition) is 4. The highest BCUT2D eigenvalue weighted by atomic mass is 16.5. The van der Waals surface area contributed by atoms with Crippen LogP contribution in [0.5, 0.6) is 5.75 Å². The molecule has 0 saturated carbocycles. The van der Waals surface area contributed by atoms with Gasteiger partial charge < -0.3 is 9.84 Å². The maximum atomic E-state index is 12.1. The van der Waals surface area contributed by atoms with Crippen molar-refractivity contribution in [1.82, 2.24) is 5.06 Å². The van der Waals surface area contributed by atoms with Crippen LogP contribution >= 0.6 is 0 Å². The second-order valence-corrected chi connectivity index (χ2v) is 6.63. The van der Waals surface area contributed by atoms with Crippen LogP contribution in [-0.4, -0.2) is 34.1 Å². The molecule has 0 unspecified atom stereocenters. The van der Waals surface area contributed by atoms with E-state index in [0.717, 1.165) is 0 Å². The summed E-state index contributed by atoms with van der Waals surface area (Å²) in [6.45, 7) is 8.49. The normalized spacial score (nSPS) is 17.7. The lowest BCUT2D eigenvalue weighted by molar-refractivity contribution is -0.184. The van der Waals surface area contributed by atoms with Gasteiger partial charge in [0.2, 0.25) is 0 Å². The van der Waals surface area contributed by atoms with Gasteiger partial charge in [-0.05, 0) is 50.0 Å². The van der Waals surface area contributed by atoms with Crippen LogP contribution in [0.2, 0.25) is 0 Å². The average molecular weight is 331 g/mol. The highest BCUT2D eigenvalue weighted by Crippen LogP contribution is 2.35. The third-order valence-corrected chi connectivity index (χ3v) is 3.80. The quantitative estimate of drug-likeness (QED) is 0.619. The first kappa shape index (κ1) is 18.2. The molecule has 1 heterocycles. The Hall–Kier alpha value is -2.11. The lowest BCUT2D eigenvalue weighted by Crippen LogP contribution is -2.31. The Kier molecular flexibility index (Phi) is 5.80. The second kappa shape index (κ2) is 7.64. The number of aliphatic hydroxyl groups is 1. The number of nitrogens with zero attached hydrogens (tertiary/aromatic N) is 1. The van der Waals surface area contributed by atoms with Crippen molar-refractivity contribution in [1.29, 1.82) is 0 Å². The van der Waals surface area contributed by atoms with Gasteiger partial charge in [-0.3, -0.25) is 10.0 Å². The number of benzene rings is 1. The summed E-state index contributed by atoms with van der Waals surface area (Å²) >= 11 is 0. The van der Waals surface area contributed by atoms with Gasteiger partial charge in [0.15, 0.2) is 6.23 Å². The second-order valence-electron chi connectivity index (χ2n) is 6.63. The molecule has 1 aliphatic heterocycles. The van der Waals surface area contributed by atoms with E-state index < -0.39 is 12.1 Å². The molecule has 24 heavy (non-hydrogen) atoms. The fraction of sp³-hybridized carbons (Fsp3) is 0.421. The van der Waals surface area contributed by atoms with Gasteiger partial charge in [-0.2, -0.15) is 5.06 Å². The fourth-order valence-electron chi connectivity index (χ4n) is 2.61. The van der Waals surface area contributed by atoms with Crippen molar-refractivity contribution in [3.63, 3.8) is 0 Å². The summed E-state index contributed by atoms with van der Waals surface area (Å²) < 4.78 is 5.61. The minimum absolute atomic E-state index is 0.240. The molecule has 2 rings (SSSR count). The third kappa shape index (κ3) is 4.04. The molecule has 1 atom stereocenters. The van der Waals surface area contributed by atoms with Crippen LogP contribution in [-0.2, 0) is 4.79 Å². The molecule has 0 spiro atoms. The van der Waals surface area contributed by atoms with Crippen LogP contribution in [0.15, 0.2) is 41.5 Å². The number of hydroxylamine groups is 2. The number of carbonyl (C=O) groups is 1. The van der Waals surface area contributed by atoms with Gasteiger partial charge in [0.05, 0.1) is 0 Å². The molecule has 5 heteroatoms. The van der Waals surface area contributed by atoms with Crippen molar-refractivity contribution in [2.24, 2.45) is 5.92 Å². The minimum atomic E-state index is -1.33. The van der Waals surface area contributed by atoms with Crippen molar-refractivity contribution in [3.05, 3.63) is 47.1 Å². The molecule has 1 aromatic rings. The van der Waals surface area contributed by atoms with Gasteiger partial charge in [0.25, 0.3) is 5.91 Å². The average Bonchev–Trinajstić information content (AvgIpc) is 2.72. The van der Waals surface area contributed by atoms with E-state index in [-0.39, 0.29) is 5.92 Å². The van der Waals surface area contributed by atoms with Crippen LogP contribution < -0.4 is 4.74 Å². The number of rotatable bonds is 6. The van der Waals surface area contributed by atoms with E-state index in [2.05, 4.69) is 0 Å². The Morgan fingerprint density at radius 1 is 1.29 bits per heavy atom. The van der Waals surface area contributed by atoms with Crippen molar-refractivity contribution >= 4 is 11.5 Å². The van der Waals surface area contributed by atoms with E-state index in [9.17, 15) is 15.1 Å². The molecule has 0 aliphatic carbocycles. The van der Waals surface area contributed by atoms with Crippen molar-refractivity contribution in [2.45, 2.75) is 40.3 Å². The summed E-state index contributed by atoms with van der Waals surface area (Å²) in [5.41, 5.74) is 2.81. The maximum Gasteiger partial charge on any atom is 0.276 e. The van der Waals surface area contributed by atoms with Crippen molar-refractivity contribution in [2.75, 3.05) is 6.61 Å². The molecular formula is C19H25NO4. The Bertz CT molecular complexity index is 654. The zero-order chi connectivity index (χ0) is 17.9. The standard InChI is InChI=1S/C19H25NO4/c1-12(2)9-10-24-15-7-5-14(6-8-15)17-16(11-13(3)4)18(21)20(23)19(17)22/h5-9,13,19,22-23H,10-11H2,1-4H3/t19-/m0/s1. The predicted molar refractivity (Wildman–Crippen MR) is 92.4 cm³/mol. The molecular weight excluding hydrogens is 306 g/mol. The zero-order valence-corrected chi connectivity index (χ0v) is 14.6. The van der Waals surface area contributed by atoms with Crippen molar-refractivity contribution in [3.8, 4) is 5.75 Å². The van der Waals surface area contributed by atoms with E-state index in [1.807, 2.05) is 33.8 Å². The monoisotopic (exact) mass is 331 g/mol. The summed E-state index contributed by atoms with van der Waals surface area (Å²) in [7, 11) is 0. The van der Waals surface area contributed by atoms with Crippen molar-refractivity contribution < 1.29 is 19.8 Å². The number of ether oxygens (including phenoxy) is 1. The van der Waals surface area contributed by atoms with Crippen LogP contribution in [0.4, 0.5) is 0 Å². The smallest absolute Gasteiger partial charge is 0.276 e. The lowest BCUT2D eigenvalue weighted by Gasteiger charge is -2.15. The molecule has 0 bridgehead atoms. The minimum Gasteiger partial charge on any atom is -0.490 e. The lowest BCUT2D eigenvalue weighted by atomic mass is 9.95. The van der Waals surface area contributed by atoms with E-state index >= 15 is 0 Å². The predicted octanol–water partition coefficient (Wildman–Crippen LogP) is 3.38. The molecule has 5 nitrogen and oxygen atoms in total. The molecule has 2 N–H and O–H groups in total. The molecule has 1 aliphatic rings. The number of allylic oxidation sites excluding steroid dienone is 1. The molecule has 1 amide bonds. The van der Waals surface area contributed by atoms with Gasteiger partial charge in [-0.15, -0.1) is 0 Å². The first-order valence-corrected chi connectivity index (χ1v) is 8.11. The SMILES string of the molecule is CC(C)=CCOc1ccc(C2=C(CC(C)C)C(=O)N(O)[C@H]2O)cc1. The molecule has 0 saturated heterocycles. The van der Waals surface area contributed by atoms with E-state index in [1.165, 1.54) is 5.57 Å². The number of carbonyl (C=O) groups excluding carboxylic acids is 1. The van der Waals surface area contributed by atoms with Gasteiger partial charge in [0.1, 0.15) is 12.4 Å². The molecule has 0 aromatic heterocycles. The highest BCUT2D eigenvalue weighted by Gasteiger charge is 2.38. The molecule has 0 radical (unpaired) electrons. The topological polar surface area (TPSA) is 70.0 Å². The van der Waals surface area contributed by atoms with Gasteiger partial charge in [0, 0.05) is 11.1 Å². The molecule has 0 fully saturated rings. The maximum absolute atomic E-state index is 12.1. The Morgan fingerprint density at radius 2 is 1.92 bits per heavy atom. The summed E-state index contributed by atoms with van der Waals surface area (Å²) in [5.74, 6) is 0.418. The Morgan fingerprint density at radius 3 is 2.46 bits per heavy atom. The summed E-state index contributed by atoms with van der Waals surface area (Å²) in [5, 5.41) is 20.4. The van der Waals surface area contributed by atoms with E-state index in [1.54, 1.807) is 24.3 Å². The summed E-state index contributed by atoms with van der Waals surface area (Å²) in [6.07, 6.45) is 1.16. The summed E-state index contributed by atoms with van der Waals surface area (Å²) in [6, 6.07) is 7.18. The number of hydrogen-bond donors (Lipinski definition) is 2. The van der Waals surface area contributed by atoms with Gasteiger partial charge in [-0.1, -0.05) is 31.6 Å². The highest BCUT2D eigenvalue weighted by molar-refractivity contribution is 6.06. The Balaban J connectivity index is 2.26. The first-order valence-electron chi connectivity index (χ1n) is 8.11. The number of aliphatic hydroxyl groups excluding tert-OH is 1. The van der Waals surface area contributed by atoms with E-state index in [4.69, 9.17) is 4.74 Å². The fourth-order valence-corrected chi connectivity index (χ4v) is 2.61. The van der Waals surface area contributed by atoms with Gasteiger partial charge >= 0.3 is 0 Å². The van der Waals surface area contributed by atoms with Crippen LogP contribution in [0, 0.1) is 5.92 Å². The Labute approximate surface area is 142 Å². The number of amides is 1. The third-order valence-electron chi connectivity index (χ3n) is 3.80. The van der Waals surface area contributed by atoms with Crippen LogP contribution in [0.1, 0.15) is 39.7 Å². The largest absolute Gasteiger partial charge is 0.490 e. The van der Waals surface area contributed by atoms with Crippen LogP contribution in [0.3, 0.4) is 0 Å². The first-order chi connectivity index (χ1) is 11.3. The van der Waals surface area contributed by atoms with Crippen LogP contribution in [0.25, 0.3) is 5.57 Å².